The summed E-state index contributed by atoms with van der Waals surface area (Å²) in [5.41, 5.74) is 0.347. The van der Waals surface area contributed by atoms with E-state index in [4.69, 9.17) is 23.2 Å². The summed E-state index contributed by atoms with van der Waals surface area (Å²) in [6.07, 6.45) is 0.644. The third kappa shape index (κ3) is 2.40. The molecule has 1 unspecified atom stereocenters. The number of likely N-dealkylation sites (tertiary alicyclic amines) is 1. The number of carbonyl (C=O) groups is 2. The van der Waals surface area contributed by atoms with E-state index in [1.54, 1.807) is 28.0 Å². The Morgan fingerprint density at radius 1 is 1.14 bits per heavy atom. The molecule has 0 aliphatic carbocycles. The fourth-order valence-corrected chi connectivity index (χ4v) is 3.53. The first-order valence-corrected chi connectivity index (χ1v) is 7.64. The van der Waals surface area contributed by atoms with Crippen LogP contribution in [0.3, 0.4) is 0 Å². The fourth-order valence-electron chi connectivity index (χ4n) is 3.02. The Balaban J connectivity index is 1.80. The molecule has 4 nitrogen and oxygen atoms in total. The molecule has 0 saturated carbocycles. The maximum Gasteiger partial charge on any atom is 0.249 e. The van der Waals surface area contributed by atoms with Crippen molar-refractivity contribution in [2.45, 2.75) is 26.3 Å². The lowest BCUT2D eigenvalue weighted by Gasteiger charge is -2.47. The van der Waals surface area contributed by atoms with E-state index in [1.807, 2.05) is 13.8 Å². The first-order chi connectivity index (χ1) is 9.79. The smallest absolute Gasteiger partial charge is 0.249 e. The lowest BCUT2D eigenvalue weighted by Crippen LogP contribution is -2.63. The minimum atomic E-state index is -0.358. The lowest BCUT2D eigenvalue weighted by atomic mass is 9.81. The first kappa shape index (κ1) is 14.7. The number of nitrogens with zero attached hydrogens (tertiary/aromatic N) is 2. The summed E-state index contributed by atoms with van der Waals surface area (Å²) < 4.78 is 0. The zero-order valence-corrected chi connectivity index (χ0v) is 13.4. The number of halogens is 2. The number of hydrogen-bond donors (Lipinski definition) is 0. The lowest BCUT2D eigenvalue weighted by molar-refractivity contribution is -0.162. The van der Waals surface area contributed by atoms with E-state index in [-0.39, 0.29) is 23.3 Å². The highest BCUT2D eigenvalue weighted by Crippen LogP contribution is 2.37. The molecule has 0 spiro atoms. The van der Waals surface area contributed by atoms with E-state index in [2.05, 4.69) is 0 Å². The minimum Gasteiger partial charge on any atom is -0.329 e. The van der Waals surface area contributed by atoms with Gasteiger partial charge < -0.3 is 9.80 Å². The maximum atomic E-state index is 12.6. The molecular formula is C15H16Cl2N2O2. The summed E-state index contributed by atoms with van der Waals surface area (Å²) >= 11 is 12.0. The van der Waals surface area contributed by atoms with Crippen LogP contribution in [0.1, 0.15) is 20.3 Å². The molecule has 2 amide bonds. The number of amides is 2. The van der Waals surface area contributed by atoms with Crippen molar-refractivity contribution in [3.8, 4) is 0 Å². The van der Waals surface area contributed by atoms with Crippen LogP contribution in [-0.4, -0.2) is 35.8 Å². The maximum absolute atomic E-state index is 12.6. The van der Waals surface area contributed by atoms with Crippen molar-refractivity contribution in [3.63, 3.8) is 0 Å². The highest BCUT2D eigenvalue weighted by Gasteiger charge is 2.51. The number of β-lactam (4-membered cyclic amide) rings is 1. The Morgan fingerprint density at radius 2 is 1.76 bits per heavy atom. The van der Waals surface area contributed by atoms with E-state index in [0.29, 0.717) is 35.2 Å². The highest BCUT2D eigenvalue weighted by atomic mass is 35.5. The standard InChI is InChI=1S/C15H16Cl2N2O2/c1-15(2)8-19(14(15)21)12-3-4-18(13(12)20)11-6-9(16)5-10(17)7-11/h5-7,12H,3-4,8H2,1-2H3. The van der Waals surface area contributed by atoms with E-state index < -0.39 is 0 Å². The van der Waals surface area contributed by atoms with Gasteiger partial charge in [0.2, 0.25) is 11.8 Å². The van der Waals surface area contributed by atoms with Crippen LogP contribution >= 0.6 is 23.2 Å². The second-order valence-electron chi connectivity index (χ2n) is 6.24. The number of carbonyl (C=O) groups excluding carboxylic acids is 2. The molecule has 0 bridgehead atoms. The van der Waals surface area contributed by atoms with Crippen molar-refractivity contribution in [2.24, 2.45) is 5.41 Å². The predicted molar refractivity (Wildman–Crippen MR) is 82.7 cm³/mol. The Labute approximate surface area is 133 Å². The monoisotopic (exact) mass is 326 g/mol. The predicted octanol–water partition coefficient (Wildman–Crippen LogP) is 2.97. The van der Waals surface area contributed by atoms with Crippen molar-refractivity contribution < 1.29 is 9.59 Å². The van der Waals surface area contributed by atoms with E-state index in [9.17, 15) is 9.59 Å². The quantitative estimate of drug-likeness (QED) is 0.784. The topological polar surface area (TPSA) is 40.6 Å². The molecule has 112 valence electrons. The zero-order valence-electron chi connectivity index (χ0n) is 11.9. The second kappa shape index (κ2) is 4.89. The Hall–Kier alpha value is -1.26. The number of hydrogen-bond acceptors (Lipinski definition) is 2. The second-order valence-corrected chi connectivity index (χ2v) is 7.11. The van der Waals surface area contributed by atoms with Crippen LogP contribution in [0.2, 0.25) is 10.0 Å². The van der Waals surface area contributed by atoms with Crippen LogP contribution in [-0.2, 0) is 9.59 Å². The van der Waals surface area contributed by atoms with E-state index in [1.165, 1.54) is 0 Å². The normalized spacial score (nSPS) is 24.5. The summed E-state index contributed by atoms with van der Waals surface area (Å²) in [7, 11) is 0. The van der Waals surface area contributed by atoms with Crippen molar-refractivity contribution in [2.75, 3.05) is 18.0 Å². The number of benzene rings is 1. The van der Waals surface area contributed by atoms with Gasteiger partial charge in [0.1, 0.15) is 6.04 Å². The SMILES string of the molecule is CC1(C)CN(C2CCN(c3cc(Cl)cc(Cl)c3)C2=O)C1=O. The van der Waals surface area contributed by atoms with Crippen molar-refractivity contribution >= 4 is 40.7 Å². The molecule has 3 rings (SSSR count). The molecule has 1 atom stereocenters. The fraction of sp³-hybridized carbons (Fsp3) is 0.467. The number of anilines is 1. The Morgan fingerprint density at radius 3 is 2.29 bits per heavy atom. The molecule has 0 N–H and O–H groups in total. The van der Waals surface area contributed by atoms with Gasteiger partial charge in [-0.3, -0.25) is 9.59 Å². The van der Waals surface area contributed by atoms with Gasteiger partial charge in [0.05, 0.1) is 5.41 Å². The average Bonchev–Trinajstić information content (AvgIpc) is 2.76. The van der Waals surface area contributed by atoms with Gasteiger partial charge in [0.15, 0.2) is 0 Å². The summed E-state index contributed by atoms with van der Waals surface area (Å²) in [6, 6.07) is 4.71. The molecule has 1 aromatic rings. The van der Waals surface area contributed by atoms with Crippen LogP contribution < -0.4 is 4.90 Å². The van der Waals surface area contributed by atoms with Gasteiger partial charge >= 0.3 is 0 Å². The van der Waals surface area contributed by atoms with Gasteiger partial charge in [0.25, 0.3) is 0 Å². The molecule has 2 aliphatic heterocycles. The van der Waals surface area contributed by atoms with Gasteiger partial charge in [-0.15, -0.1) is 0 Å². The van der Waals surface area contributed by atoms with Gasteiger partial charge in [-0.2, -0.15) is 0 Å². The van der Waals surface area contributed by atoms with Crippen molar-refractivity contribution in [1.82, 2.24) is 4.90 Å². The van der Waals surface area contributed by atoms with Gasteiger partial charge in [-0.05, 0) is 38.5 Å². The van der Waals surface area contributed by atoms with Crippen LogP contribution in [0.4, 0.5) is 5.69 Å². The largest absolute Gasteiger partial charge is 0.329 e. The van der Waals surface area contributed by atoms with Crippen molar-refractivity contribution in [1.29, 1.82) is 0 Å². The van der Waals surface area contributed by atoms with E-state index in [0.717, 1.165) is 0 Å². The molecule has 2 heterocycles. The van der Waals surface area contributed by atoms with Gasteiger partial charge in [0, 0.05) is 28.8 Å². The van der Waals surface area contributed by atoms with Crippen LogP contribution in [0, 0.1) is 5.41 Å². The molecule has 0 aromatic heterocycles. The summed E-state index contributed by atoms with van der Waals surface area (Å²) in [5.74, 6) is -0.0102. The van der Waals surface area contributed by atoms with Crippen LogP contribution in [0.5, 0.6) is 0 Å². The van der Waals surface area contributed by atoms with Crippen LogP contribution in [0.25, 0.3) is 0 Å². The molecule has 2 fully saturated rings. The Kier molecular flexibility index (Phi) is 3.41. The third-order valence-corrected chi connectivity index (χ3v) is 4.55. The highest BCUT2D eigenvalue weighted by molar-refractivity contribution is 6.35. The summed E-state index contributed by atoms with van der Waals surface area (Å²) in [4.78, 5) is 28.0. The molecule has 2 aliphatic rings. The molecule has 1 aromatic carbocycles. The third-order valence-electron chi connectivity index (χ3n) is 4.12. The average molecular weight is 327 g/mol. The molecule has 2 saturated heterocycles. The molecular weight excluding hydrogens is 311 g/mol. The Bertz CT molecular complexity index is 610. The van der Waals surface area contributed by atoms with Gasteiger partial charge in [-0.1, -0.05) is 23.2 Å². The summed E-state index contributed by atoms with van der Waals surface area (Å²) in [5, 5.41) is 0.991. The first-order valence-electron chi connectivity index (χ1n) is 6.88. The van der Waals surface area contributed by atoms with E-state index >= 15 is 0 Å². The zero-order chi connectivity index (χ0) is 15.4. The van der Waals surface area contributed by atoms with Crippen LogP contribution in [0.15, 0.2) is 18.2 Å². The van der Waals surface area contributed by atoms with Gasteiger partial charge in [-0.25, -0.2) is 0 Å². The van der Waals surface area contributed by atoms with Crippen molar-refractivity contribution in [3.05, 3.63) is 28.2 Å². The molecule has 6 heteroatoms. The molecule has 0 radical (unpaired) electrons. The molecule has 21 heavy (non-hydrogen) atoms. The minimum absolute atomic E-state index is 0.0480. The number of rotatable bonds is 2. The summed E-state index contributed by atoms with van der Waals surface area (Å²) in [6.45, 7) is 5.01.